The van der Waals surface area contributed by atoms with E-state index in [2.05, 4.69) is 37.7 Å². The predicted molar refractivity (Wildman–Crippen MR) is 270 cm³/mol. The van der Waals surface area contributed by atoms with Gasteiger partial charge >= 0.3 is 0 Å². The van der Waals surface area contributed by atoms with Crippen molar-refractivity contribution in [1.82, 2.24) is 34.9 Å². The summed E-state index contributed by atoms with van der Waals surface area (Å²) < 4.78 is 50.1. The lowest BCUT2D eigenvalue weighted by Gasteiger charge is -2.20. The van der Waals surface area contributed by atoms with Gasteiger partial charge in [-0.15, -0.1) is 10.2 Å². The second kappa shape index (κ2) is 25.4. The van der Waals surface area contributed by atoms with Crippen molar-refractivity contribution in [3.63, 3.8) is 0 Å². The second-order valence-electron chi connectivity index (χ2n) is 16.7. The number of hydrogen-bond acceptors (Lipinski definition) is 15. The minimum atomic E-state index is -0.0764. The Bertz CT molecular complexity index is 3020. The molecule has 0 fully saturated rings. The monoisotopic (exact) mass is 973 g/mol. The molecule has 0 atom stereocenters. The number of fused-ring (bicyclic) bond motifs is 2. The zero-order valence-electron chi connectivity index (χ0n) is 39.8. The van der Waals surface area contributed by atoms with Gasteiger partial charge in [-0.25, -0.2) is 9.36 Å². The fourth-order valence-corrected chi connectivity index (χ4v) is 7.83. The maximum atomic E-state index is 12.5. The molecule has 0 N–H and O–H groups in total. The Morgan fingerprint density at radius 3 is 1.33 bits per heavy atom. The Balaban J connectivity index is 0.625. The van der Waals surface area contributed by atoms with Gasteiger partial charge in [-0.2, -0.15) is 0 Å². The van der Waals surface area contributed by atoms with E-state index in [-0.39, 0.29) is 10.9 Å². The van der Waals surface area contributed by atoms with Crippen molar-refractivity contribution < 1.29 is 37.3 Å². The molecule has 0 aliphatic carbocycles. The van der Waals surface area contributed by atoms with E-state index >= 15 is 0 Å². The molecule has 0 amide bonds. The highest BCUT2D eigenvalue weighted by Crippen LogP contribution is 2.26. The summed E-state index contributed by atoms with van der Waals surface area (Å²) in [5.41, 5.74) is 5.39. The quantitative estimate of drug-likeness (QED) is 0.0433. The molecule has 9 rings (SSSR count). The molecule has 0 saturated heterocycles. The van der Waals surface area contributed by atoms with Crippen molar-refractivity contribution in [3.05, 3.63) is 189 Å². The first-order chi connectivity index (χ1) is 35.5. The van der Waals surface area contributed by atoms with Crippen LogP contribution in [0.2, 0.25) is 0 Å². The summed E-state index contributed by atoms with van der Waals surface area (Å²) in [4.78, 5) is 27.2. The van der Waals surface area contributed by atoms with Gasteiger partial charge < -0.3 is 37.3 Å². The number of rotatable bonds is 28. The van der Waals surface area contributed by atoms with Gasteiger partial charge in [-0.1, -0.05) is 65.0 Å². The van der Waals surface area contributed by atoms with E-state index in [1.165, 1.54) is 17.7 Å². The summed E-state index contributed by atoms with van der Waals surface area (Å²) in [6, 6.07) is 42.6. The fourth-order valence-electron chi connectivity index (χ4n) is 7.83. The molecule has 0 bridgehead atoms. The maximum Gasteiger partial charge on any atom is 0.193 e. The SMILES string of the molecule is O=c1cc(-c2ccc(OCCOCCOCCn3cc(CN(Cc4ccccc4)Cc4cn(CCOCCOCCOc5ccc(-c6cc(=O)c7ccccc7o6)cc5)nn4)nn3)cc2)oc2ccccc12. The number of ether oxygens (including phenoxy) is 6. The number of nitrogens with zero attached hydrogens (tertiary/aromatic N) is 7. The third-order valence-corrected chi connectivity index (χ3v) is 11.4. The summed E-state index contributed by atoms with van der Waals surface area (Å²) in [5.74, 6) is 2.41. The van der Waals surface area contributed by atoms with Gasteiger partial charge in [0.2, 0.25) is 0 Å². The van der Waals surface area contributed by atoms with Crippen molar-refractivity contribution in [2.45, 2.75) is 32.7 Å². The maximum absolute atomic E-state index is 12.5. The standard InChI is InChI=1S/C55H55N7O10/c63-50-34-54(71-52-12-6-4-10-48(50)52)42-14-18-46(19-15-42)69-32-30-67-28-26-65-24-22-61-39-44(56-58-61)37-60(36-41-8-2-1-3-9-41)38-45-40-62(59-57-45)23-25-66-27-29-68-31-33-70-47-20-16-43(17-21-47)55-35-51(64)49-11-5-7-13-53(49)72-55/h1-21,34-35,39-40H,22-33,36-38H2. The zero-order chi connectivity index (χ0) is 49.2. The molecular weight excluding hydrogens is 919 g/mol. The molecule has 4 aromatic heterocycles. The molecule has 9 aromatic rings. The number of para-hydroxylation sites is 2. The molecule has 72 heavy (non-hydrogen) atoms. The van der Waals surface area contributed by atoms with Crippen LogP contribution in [0.4, 0.5) is 0 Å². The van der Waals surface area contributed by atoms with Crippen LogP contribution in [0.3, 0.4) is 0 Å². The fraction of sp³-hybridized carbons (Fsp3) is 0.273. The van der Waals surface area contributed by atoms with Crippen LogP contribution in [0.1, 0.15) is 17.0 Å². The average Bonchev–Trinajstić information content (AvgIpc) is 4.07. The van der Waals surface area contributed by atoms with Crippen LogP contribution in [0.5, 0.6) is 11.5 Å². The normalized spacial score (nSPS) is 11.5. The molecular formula is C55H55N7O10. The molecule has 17 nitrogen and oxygen atoms in total. The zero-order valence-corrected chi connectivity index (χ0v) is 39.8. The van der Waals surface area contributed by atoms with Crippen LogP contribution < -0.4 is 20.3 Å². The van der Waals surface area contributed by atoms with Crippen molar-refractivity contribution in [2.75, 3.05) is 66.1 Å². The largest absolute Gasteiger partial charge is 0.491 e. The first-order valence-corrected chi connectivity index (χ1v) is 23.9. The highest BCUT2D eigenvalue weighted by molar-refractivity contribution is 5.79. The van der Waals surface area contributed by atoms with Crippen molar-refractivity contribution in [1.29, 1.82) is 0 Å². The van der Waals surface area contributed by atoms with E-state index in [4.69, 9.17) is 37.3 Å². The molecule has 0 aliphatic rings. The van der Waals surface area contributed by atoms with Crippen LogP contribution in [0.15, 0.2) is 170 Å². The topological polar surface area (TPSA) is 180 Å². The van der Waals surface area contributed by atoms with Crippen LogP contribution >= 0.6 is 0 Å². The molecule has 0 saturated carbocycles. The summed E-state index contributed by atoms with van der Waals surface area (Å²) in [6.07, 6.45) is 3.89. The van der Waals surface area contributed by atoms with Crippen LogP contribution in [-0.2, 0) is 51.7 Å². The number of hydrogen-bond donors (Lipinski definition) is 0. The molecule has 17 heteroatoms. The van der Waals surface area contributed by atoms with Crippen LogP contribution in [0.25, 0.3) is 44.6 Å². The smallest absolute Gasteiger partial charge is 0.193 e. The molecule has 0 radical (unpaired) electrons. The summed E-state index contributed by atoms with van der Waals surface area (Å²) >= 11 is 0. The average molecular weight is 974 g/mol. The molecule has 0 aliphatic heterocycles. The third-order valence-electron chi connectivity index (χ3n) is 11.4. The Labute approximate surface area is 415 Å². The lowest BCUT2D eigenvalue weighted by atomic mass is 10.1. The highest BCUT2D eigenvalue weighted by atomic mass is 16.5. The molecule has 0 unspecified atom stereocenters. The Morgan fingerprint density at radius 2 is 0.861 bits per heavy atom. The third kappa shape index (κ3) is 14.2. The molecule has 370 valence electrons. The Hall–Kier alpha value is -7.80. The predicted octanol–water partition coefficient (Wildman–Crippen LogP) is 7.84. The van der Waals surface area contributed by atoms with E-state index < -0.39 is 0 Å². The van der Waals surface area contributed by atoms with Gasteiger partial charge in [0.1, 0.15) is 47.4 Å². The van der Waals surface area contributed by atoms with Crippen molar-refractivity contribution in [2.24, 2.45) is 0 Å². The van der Waals surface area contributed by atoms with Gasteiger partial charge in [0.15, 0.2) is 10.9 Å². The first kappa shape index (κ1) is 49.2. The van der Waals surface area contributed by atoms with Gasteiger partial charge in [-0.3, -0.25) is 14.5 Å². The number of aromatic nitrogens is 6. The Morgan fingerprint density at radius 1 is 0.444 bits per heavy atom. The molecule has 0 spiro atoms. The van der Waals surface area contributed by atoms with Crippen molar-refractivity contribution in [3.8, 4) is 34.1 Å². The molecule has 5 aromatic carbocycles. The first-order valence-electron chi connectivity index (χ1n) is 23.9. The van der Waals surface area contributed by atoms with Gasteiger partial charge in [-0.05, 0) is 78.4 Å². The second-order valence-corrected chi connectivity index (χ2v) is 16.7. The van der Waals surface area contributed by atoms with E-state index in [1.54, 1.807) is 33.6 Å². The lowest BCUT2D eigenvalue weighted by molar-refractivity contribution is 0.0333. The minimum absolute atomic E-state index is 0.0764. The van der Waals surface area contributed by atoms with Gasteiger partial charge in [0, 0.05) is 55.3 Å². The van der Waals surface area contributed by atoms with E-state index in [0.29, 0.717) is 144 Å². The van der Waals surface area contributed by atoms with Gasteiger partial charge in [0.25, 0.3) is 0 Å². The van der Waals surface area contributed by atoms with Crippen LogP contribution in [0, 0.1) is 0 Å². The van der Waals surface area contributed by atoms with E-state index in [0.717, 1.165) is 22.5 Å². The summed E-state index contributed by atoms with van der Waals surface area (Å²) in [5, 5.41) is 18.7. The van der Waals surface area contributed by atoms with Gasteiger partial charge in [0.05, 0.1) is 88.1 Å². The molecule has 4 heterocycles. The minimum Gasteiger partial charge on any atom is -0.491 e. The van der Waals surface area contributed by atoms with E-state index in [1.807, 2.05) is 103 Å². The van der Waals surface area contributed by atoms with Crippen LogP contribution in [-0.4, -0.2) is 101 Å². The highest BCUT2D eigenvalue weighted by Gasteiger charge is 2.14. The van der Waals surface area contributed by atoms with E-state index in [9.17, 15) is 9.59 Å². The number of benzene rings is 5. The summed E-state index contributed by atoms with van der Waals surface area (Å²) in [7, 11) is 0. The lowest BCUT2D eigenvalue weighted by Crippen LogP contribution is -2.23. The summed E-state index contributed by atoms with van der Waals surface area (Å²) in [6.45, 7) is 7.20. The van der Waals surface area contributed by atoms with Crippen molar-refractivity contribution >= 4 is 21.9 Å². The Kier molecular flexibility index (Phi) is 17.3.